The summed E-state index contributed by atoms with van der Waals surface area (Å²) in [4.78, 5) is 6.79. The van der Waals surface area contributed by atoms with Crippen molar-refractivity contribution >= 4 is 29.9 Å². The first-order valence-electron chi connectivity index (χ1n) is 8.99. The van der Waals surface area contributed by atoms with Crippen molar-refractivity contribution in [1.82, 2.24) is 25.3 Å². The third-order valence-electron chi connectivity index (χ3n) is 4.32. The molecule has 1 aromatic carbocycles. The second kappa shape index (κ2) is 12.7. The zero-order chi connectivity index (χ0) is 17.9. The van der Waals surface area contributed by atoms with E-state index in [1.165, 1.54) is 5.56 Å². The van der Waals surface area contributed by atoms with Crippen LogP contribution in [0.25, 0.3) is 0 Å². The zero-order valence-electron chi connectivity index (χ0n) is 15.9. The van der Waals surface area contributed by atoms with Crippen LogP contribution >= 0.6 is 24.0 Å². The van der Waals surface area contributed by atoms with E-state index in [4.69, 9.17) is 0 Å². The van der Waals surface area contributed by atoms with Crippen LogP contribution in [0.1, 0.15) is 25.5 Å². The van der Waals surface area contributed by atoms with Crippen LogP contribution in [0.2, 0.25) is 0 Å². The highest BCUT2D eigenvalue weighted by Gasteiger charge is 2.17. The average Bonchev–Trinajstić information content (AvgIpc) is 3.17. The van der Waals surface area contributed by atoms with Crippen molar-refractivity contribution in [3.8, 4) is 0 Å². The van der Waals surface area contributed by atoms with Crippen molar-refractivity contribution < 1.29 is 0 Å². The fourth-order valence-electron chi connectivity index (χ4n) is 2.93. The smallest absolute Gasteiger partial charge is 0.191 e. The first-order valence-corrected chi connectivity index (χ1v) is 8.99. The molecule has 1 heterocycles. The summed E-state index contributed by atoms with van der Waals surface area (Å²) in [5.74, 6) is 0.820. The van der Waals surface area contributed by atoms with Crippen molar-refractivity contribution in [1.29, 1.82) is 0 Å². The average molecular weight is 470 g/mol. The van der Waals surface area contributed by atoms with Crippen LogP contribution in [0.5, 0.6) is 0 Å². The van der Waals surface area contributed by atoms with E-state index in [0.717, 1.165) is 38.7 Å². The molecule has 0 aliphatic rings. The first kappa shape index (κ1) is 22.4. The largest absolute Gasteiger partial charge is 0.355 e. The first-order chi connectivity index (χ1) is 12.3. The molecule has 0 saturated carbocycles. The molecule has 0 fully saturated rings. The molecule has 144 valence electrons. The van der Waals surface area contributed by atoms with Crippen LogP contribution in [0.15, 0.2) is 53.8 Å². The summed E-state index contributed by atoms with van der Waals surface area (Å²) < 4.78 is 1.91. The number of nitrogens with one attached hydrogen (secondary N) is 2. The molecule has 1 aromatic heterocycles. The van der Waals surface area contributed by atoms with Crippen molar-refractivity contribution in [2.75, 3.05) is 33.2 Å². The predicted octanol–water partition coefficient (Wildman–Crippen LogP) is 2.75. The van der Waals surface area contributed by atoms with Gasteiger partial charge in [0.05, 0.1) is 12.6 Å². The van der Waals surface area contributed by atoms with Crippen LogP contribution < -0.4 is 10.6 Å². The Balaban J connectivity index is 0.00000338. The molecule has 6 nitrogen and oxygen atoms in total. The highest BCUT2D eigenvalue weighted by Crippen LogP contribution is 2.19. The molecule has 2 N–H and O–H groups in total. The standard InChI is InChI=1S/C19H30N6.HI/c1-4-24(5-2)18(17-10-7-6-8-11-17)16-22-19(20-3)21-13-15-25-14-9-12-23-25;/h6-12,14,18H,4-5,13,15-16H2,1-3H3,(H2,20,21,22);1H. The molecule has 7 heteroatoms. The quantitative estimate of drug-likeness (QED) is 0.336. The Bertz CT molecular complexity index is 610. The number of aliphatic imine (C=N–C) groups is 1. The number of nitrogens with zero attached hydrogens (tertiary/aromatic N) is 4. The Labute approximate surface area is 174 Å². The van der Waals surface area contributed by atoms with Gasteiger partial charge in [0.2, 0.25) is 0 Å². The number of rotatable bonds is 9. The van der Waals surface area contributed by atoms with Gasteiger partial charge in [-0.2, -0.15) is 5.10 Å². The topological polar surface area (TPSA) is 57.5 Å². The van der Waals surface area contributed by atoms with E-state index in [-0.39, 0.29) is 24.0 Å². The van der Waals surface area contributed by atoms with Gasteiger partial charge in [0.15, 0.2) is 5.96 Å². The van der Waals surface area contributed by atoms with Gasteiger partial charge in [-0.3, -0.25) is 14.6 Å². The number of guanidine groups is 1. The number of aromatic nitrogens is 2. The molecule has 1 atom stereocenters. The van der Waals surface area contributed by atoms with Gasteiger partial charge in [-0.15, -0.1) is 24.0 Å². The molecule has 2 rings (SSSR count). The van der Waals surface area contributed by atoms with Gasteiger partial charge in [0, 0.05) is 32.5 Å². The second-order valence-electron chi connectivity index (χ2n) is 5.80. The van der Waals surface area contributed by atoms with Crippen molar-refractivity contribution in [3.63, 3.8) is 0 Å². The van der Waals surface area contributed by atoms with Crippen LogP contribution in [0.3, 0.4) is 0 Å². The van der Waals surface area contributed by atoms with E-state index < -0.39 is 0 Å². The van der Waals surface area contributed by atoms with E-state index in [1.54, 1.807) is 13.2 Å². The van der Waals surface area contributed by atoms with Gasteiger partial charge in [-0.1, -0.05) is 44.2 Å². The molecule has 0 bridgehead atoms. The molecule has 2 aromatic rings. The number of halogens is 1. The molecule has 0 spiro atoms. The maximum absolute atomic E-state index is 4.33. The monoisotopic (exact) mass is 470 g/mol. The summed E-state index contributed by atoms with van der Waals surface area (Å²) in [5.41, 5.74) is 1.32. The molecular weight excluding hydrogens is 439 g/mol. The van der Waals surface area contributed by atoms with Crippen LogP contribution in [-0.4, -0.2) is 53.9 Å². The number of likely N-dealkylation sites (N-methyl/N-ethyl adjacent to an activating group) is 1. The lowest BCUT2D eigenvalue weighted by Gasteiger charge is -2.30. The van der Waals surface area contributed by atoms with E-state index in [9.17, 15) is 0 Å². The lowest BCUT2D eigenvalue weighted by atomic mass is 10.1. The maximum Gasteiger partial charge on any atom is 0.191 e. The normalized spacial score (nSPS) is 12.5. The van der Waals surface area contributed by atoms with Gasteiger partial charge in [-0.05, 0) is 24.7 Å². The fraction of sp³-hybridized carbons (Fsp3) is 0.474. The Hall–Kier alpha value is -1.61. The van der Waals surface area contributed by atoms with Crippen LogP contribution in [0, 0.1) is 0 Å². The fourth-order valence-corrected chi connectivity index (χ4v) is 2.93. The lowest BCUT2D eigenvalue weighted by molar-refractivity contribution is 0.219. The highest BCUT2D eigenvalue weighted by atomic mass is 127. The molecule has 1 unspecified atom stereocenters. The van der Waals surface area contributed by atoms with Gasteiger partial charge in [0.25, 0.3) is 0 Å². The number of hydrogen-bond acceptors (Lipinski definition) is 3. The summed E-state index contributed by atoms with van der Waals surface area (Å²) in [5, 5.41) is 11.0. The van der Waals surface area contributed by atoms with Crippen LogP contribution in [-0.2, 0) is 6.54 Å². The predicted molar refractivity (Wildman–Crippen MR) is 119 cm³/mol. The van der Waals surface area contributed by atoms with Crippen molar-refractivity contribution in [2.45, 2.75) is 26.4 Å². The Morgan fingerprint density at radius 1 is 1.15 bits per heavy atom. The molecular formula is C19H31IN6. The third kappa shape index (κ3) is 6.95. The second-order valence-corrected chi connectivity index (χ2v) is 5.80. The maximum atomic E-state index is 4.33. The lowest BCUT2D eigenvalue weighted by Crippen LogP contribution is -2.44. The molecule has 0 radical (unpaired) electrons. The van der Waals surface area contributed by atoms with Crippen LogP contribution in [0.4, 0.5) is 0 Å². The third-order valence-corrected chi connectivity index (χ3v) is 4.32. The van der Waals surface area contributed by atoms with E-state index >= 15 is 0 Å². The van der Waals surface area contributed by atoms with Gasteiger partial charge in [-0.25, -0.2) is 0 Å². The highest BCUT2D eigenvalue weighted by molar-refractivity contribution is 14.0. The van der Waals surface area contributed by atoms with Gasteiger partial charge < -0.3 is 10.6 Å². The molecule has 0 saturated heterocycles. The van der Waals surface area contributed by atoms with E-state index in [0.29, 0.717) is 6.04 Å². The minimum absolute atomic E-state index is 0. The SMILES string of the molecule is CCN(CC)C(CNC(=NC)NCCn1cccn1)c1ccccc1.I. The van der Waals surface area contributed by atoms with Crippen molar-refractivity contribution in [2.24, 2.45) is 4.99 Å². The molecule has 0 aliphatic heterocycles. The minimum Gasteiger partial charge on any atom is -0.355 e. The minimum atomic E-state index is 0. The Morgan fingerprint density at radius 3 is 2.46 bits per heavy atom. The summed E-state index contributed by atoms with van der Waals surface area (Å²) >= 11 is 0. The van der Waals surface area contributed by atoms with Gasteiger partial charge >= 0.3 is 0 Å². The van der Waals surface area contributed by atoms with Gasteiger partial charge in [0.1, 0.15) is 0 Å². The zero-order valence-corrected chi connectivity index (χ0v) is 18.3. The summed E-state index contributed by atoms with van der Waals surface area (Å²) in [6.07, 6.45) is 3.76. The molecule has 26 heavy (non-hydrogen) atoms. The van der Waals surface area contributed by atoms with E-state index in [1.807, 2.05) is 16.9 Å². The number of benzene rings is 1. The van der Waals surface area contributed by atoms with Crippen molar-refractivity contribution in [3.05, 3.63) is 54.4 Å². The molecule has 0 amide bonds. The summed E-state index contributed by atoms with van der Waals surface area (Å²) in [6, 6.07) is 12.9. The molecule has 0 aliphatic carbocycles. The number of hydrogen-bond donors (Lipinski definition) is 2. The Morgan fingerprint density at radius 2 is 1.88 bits per heavy atom. The summed E-state index contributed by atoms with van der Waals surface area (Å²) in [6.45, 7) is 8.85. The Kier molecular flexibility index (Phi) is 11.0. The summed E-state index contributed by atoms with van der Waals surface area (Å²) in [7, 11) is 1.80. The van der Waals surface area contributed by atoms with E-state index in [2.05, 4.69) is 69.8 Å².